The number of hydrogen-bond donors (Lipinski definition) is 3. The molecular formula is C15H24N2O3. The molecule has 0 saturated carbocycles. The number of urea groups is 1. The summed E-state index contributed by atoms with van der Waals surface area (Å²) in [6, 6.07) is 7.25. The molecule has 0 spiro atoms. The van der Waals surface area contributed by atoms with Crippen LogP contribution in [0.15, 0.2) is 24.3 Å². The molecule has 0 unspecified atom stereocenters. The van der Waals surface area contributed by atoms with Crippen LogP contribution < -0.4 is 10.6 Å². The second-order valence-corrected chi connectivity index (χ2v) is 5.23. The minimum Gasteiger partial charge on any atom is -0.396 e. The normalized spacial score (nSPS) is 11.2. The van der Waals surface area contributed by atoms with Crippen molar-refractivity contribution in [2.75, 3.05) is 18.5 Å². The molecule has 112 valence electrons. The van der Waals surface area contributed by atoms with Crippen molar-refractivity contribution in [3.8, 4) is 0 Å². The summed E-state index contributed by atoms with van der Waals surface area (Å²) < 4.78 is 5.38. The second-order valence-electron chi connectivity index (χ2n) is 5.23. The summed E-state index contributed by atoms with van der Waals surface area (Å²) in [6.07, 6.45) is 0.501. The summed E-state index contributed by atoms with van der Waals surface area (Å²) >= 11 is 0. The maximum absolute atomic E-state index is 12.0. The van der Waals surface area contributed by atoms with Crippen LogP contribution in [0.3, 0.4) is 0 Å². The Morgan fingerprint density at radius 2 is 2.05 bits per heavy atom. The lowest BCUT2D eigenvalue weighted by molar-refractivity contribution is 0.134. The molecule has 3 N–H and O–H groups in total. The number of para-hydroxylation sites is 1. The van der Waals surface area contributed by atoms with Crippen LogP contribution in [0.25, 0.3) is 0 Å². The van der Waals surface area contributed by atoms with Gasteiger partial charge in [0.05, 0.1) is 6.61 Å². The van der Waals surface area contributed by atoms with Gasteiger partial charge in [0.1, 0.15) is 0 Å². The van der Waals surface area contributed by atoms with Crippen molar-refractivity contribution in [1.82, 2.24) is 5.32 Å². The van der Waals surface area contributed by atoms with Crippen LogP contribution in [-0.2, 0) is 11.3 Å². The standard InChI is InChI=1S/C15H24N2O3/c1-4-20-11-12-7-5-6-8-13(12)16-14(19)17-15(2,3)9-10-18/h5-8,18H,4,9-11H2,1-3H3,(H2,16,17,19). The lowest BCUT2D eigenvalue weighted by Gasteiger charge is -2.25. The number of aliphatic hydroxyl groups excluding tert-OH is 1. The molecule has 0 fully saturated rings. The molecule has 0 saturated heterocycles. The van der Waals surface area contributed by atoms with Gasteiger partial charge in [-0.1, -0.05) is 18.2 Å². The predicted octanol–water partition coefficient (Wildman–Crippen LogP) is 2.51. The first-order chi connectivity index (χ1) is 9.48. The van der Waals surface area contributed by atoms with Gasteiger partial charge in [0.2, 0.25) is 0 Å². The lowest BCUT2D eigenvalue weighted by Crippen LogP contribution is -2.46. The van der Waals surface area contributed by atoms with Crippen molar-refractivity contribution in [3.63, 3.8) is 0 Å². The van der Waals surface area contributed by atoms with Gasteiger partial charge in [-0.25, -0.2) is 4.79 Å². The maximum Gasteiger partial charge on any atom is 0.319 e. The molecule has 0 heterocycles. The number of rotatable bonds is 7. The SMILES string of the molecule is CCOCc1ccccc1NC(=O)NC(C)(C)CCO. The van der Waals surface area contributed by atoms with E-state index in [0.717, 1.165) is 11.3 Å². The van der Waals surface area contributed by atoms with E-state index in [9.17, 15) is 4.79 Å². The number of aliphatic hydroxyl groups is 1. The summed E-state index contributed by atoms with van der Waals surface area (Å²) in [5, 5.41) is 14.6. The molecule has 1 rings (SSSR count). The predicted molar refractivity (Wildman–Crippen MR) is 79.7 cm³/mol. The van der Waals surface area contributed by atoms with Crippen LogP contribution in [0.5, 0.6) is 0 Å². The van der Waals surface area contributed by atoms with E-state index in [4.69, 9.17) is 9.84 Å². The fourth-order valence-electron chi connectivity index (χ4n) is 1.78. The Morgan fingerprint density at radius 3 is 2.70 bits per heavy atom. The van der Waals surface area contributed by atoms with Crippen molar-refractivity contribution in [1.29, 1.82) is 0 Å². The third-order valence-corrected chi connectivity index (χ3v) is 2.92. The highest BCUT2D eigenvalue weighted by atomic mass is 16.5. The van der Waals surface area contributed by atoms with E-state index >= 15 is 0 Å². The van der Waals surface area contributed by atoms with Crippen molar-refractivity contribution < 1.29 is 14.6 Å². The Morgan fingerprint density at radius 1 is 1.35 bits per heavy atom. The first-order valence-electron chi connectivity index (χ1n) is 6.84. The summed E-state index contributed by atoms with van der Waals surface area (Å²) in [5.74, 6) is 0. The van der Waals surface area contributed by atoms with Gasteiger partial charge < -0.3 is 20.5 Å². The van der Waals surface area contributed by atoms with Gasteiger partial charge in [0.15, 0.2) is 0 Å². The van der Waals surface area contributed by atoms with Gasteiger partial charge in [0.25, 0.3) is 0 Å². The Balaban J connectivity index is 2.66. The highest BCUT2D eigenvalue weighted by molar-refractivity contribution is 5.90. The molecule has 0 bridgehead atoms. The van der Waals surface area contributed by atoms with Crippen LogP contribution in [0.4, 0.5) is 10.5 Å². The second kappa shape index (κ2) is 7.87. The fraction of sp³-hybridized carbons (Fsp3) is 0.533. The number of carbonyl (C=O) groups is 1. The zero-order valence-corrected chi connectivity index (χ0v) is 12.4. The Labute approximate surface area is 120 Å². The van der Waals surface area contributed by atoms with Gasteiger partial charge in [-0.05, 0) is 33.3 Å². The number of ether oxygens (including phenoxy) is 1. The summed E-state index contributed by atoms with van der Waals surface area (Å²) in [5.41, 5.74) is 1.22. The molecule has 5 heteroatoms. The van der Waals surface area contributed by atoms with Gasteiger partial charge in [0, 0.05) is 30.0 Å². The third-order valence-electron chi connectivity index (χ3n) is 2.92. The molecule has 0 radical (unpaired) electrons. The van der Waals surface area contributed by atoms with Gasteiger partial charge in [-0.3, -0.25) is 0 Å². The van der Waals surface area contributed by atoms with E-state index < -0.39 is 5.54 Å². The van der Waals surface area contributed by atoms with Crippen LogP contribution in [0, 0.1) is 0 Å². The molecule has 20 heavy (non-hydrogen) atoms. The number of nitrogens with one attached hydrogen (secondary N) is 2. The molecule has 1 aromatic rings. The zero-order valence-electron chi connectivity index (χ0n) is 12.4. The van der Waals surface area contributed by atoms with Gasteiger partial charge in [-0.15, -0.1) is 0 Å². The number of anilines is 1. The Bertz CT molecular complexity index is 433. The highest BCUT2D eigenvalue weighted by Crippen LogP contribution is 2.16. The molecule has 0 aromatic heterocycles. The first kappa shape index (κ1) is 16.5. The van der Waals surface area contributed by atoms with E-state index in [2.05, 4.69) is 10.6 Å². The molecule has 5 nitrogen and oxygen atoms in total. The van der Waals surface area contributed by atoms with Crippen molar-refractivity contribution in [3.05, 3.63) is 29.8 Å². The van der Waals surface area contributed by atoms with Crippen molar-refractivity contribution >= 4 is 11.7 Å². The molecule has 0 aliphatic carbocycles. The molecule has 0 aliphatic heterocycles. The number of benzene rings is 1. The number of amides is 2. The Kier molecular flexibility index (Phi) is 6.48. The highest BCUT2D eigenvalue weighted by Gasteiger charge is 2.19. The van der Waals surface area contributed by atoms with Gasteiger partial charge in [-0.2, -0.15) is 0 Å². The van der Waals surface area contributed by atoms with Crippen LogP contribution >= 0.6 is 0 Å². The monoisotopic (exact) mass is 280 g/mol. The van der Waals surface area contributed by atoms with Crippen LogP contribution in [0.2, 0.25) is 0 Å². The van der Waals surface area contributed by atoms with E-state index in [-0.39, 0.29) is 12.6 Å². The van der Waals surface area contributed by atoms with E-state index in [0.29, 0.717) is 19.6 Å². The van der Waals surface area contributed by atoms with E-state index in [1.165, 1.54) is 0 Å². The van der Waals surface area contributed by atoms with Crippen LogP contribution in [0.1, 0.15) is 32.8 Å². The maximum atomic E-state index is 12.0. The fourth-order valence-corrected chi connectivity index (χ4v) is 1.78. The van der Waals surface area contributed by atoms with Gasteiger partial charge >= 0.3 is 6.03 Å². The molecule has 2 amide bonds. The average Bonchev–Trinajstić information content (AvgIpc) is 2.36. The summed E-state index contributed by atoms with van der Waals surface area (Å²) in [7, 11) is 0. The first-order valence-corrected chi connectivity index (χ1v) is 6.84. The van der Waals surface area contributed by atoms with Crippen molar-refractivity contribution in [2.45, 2.75) is 39.3 Å². The van der Waals surface area contributed by atoms with E-state index in [1.54, 1.807) is 0 Å². The minimum atomic E-state index is -0.451. The topological polar surface area (TPSA) is 70.6 Å². The summed E-state index contributed by atoms with van der Waals surface area (Å²) in [6.45, 7) is 6.80. The van der Waals surface area contributed by atoms with Crippen molar-refractivity contribution in [2.24, 2.45) is 0 Å². The molecule has 1 aromatic carbocycles. The van der Waals surface area contributed by atoms with Crippen LogP contribution in [-0.4, -0.2) is 29.9 Å². The Hall–Kier alpha value is -1.59. The molecular weight excluding hydrogens is 256 g/mol. The quantitative estimate of drug-likeness (QED) is 0.718. The smallest absolute Gasteiger partial charge is 0.319 e. The lowest BCUT2D eigenvalue weighted by atomic mass is 10.0. The number of carbonyl (C=O) groups excluding carboxylic acids is 1. The zero-order chi connectivity index (χ0) is 15.0. The largest absolute Gasteiger partial charge is 0.396 e. The minimum absolute atomic E-state index is 0.0359. The van der Waals surface area contributed by atoms with E-state index in [1.807, 2.05) is 45.0 Å². The molecule has 0 aliphatic rings. The average molecular weight is 280 g/mol. The summed E-state index contributed by atoms with van der Waals surface area (Å²) in [4.78, 5) is 12.0. The third kappa shape index (κ3) is 5.59. The number of hydrogen-bond acceptors (Lipinski definition) is 3. The molecule has 0 atom stereocenters.